The van der Waals surface area contributed by atoms with Crippen molar-refractivity contribution in [2.45, 2.75) is 25.4 Å². The number of carbonyl (C=O) groups excluding carboxylic acids is 1. The molecule has 7 heteroatoms. The van der Waals surface area contributed by atoms with Crippen LogP contribution in [-0.4, -0.2) is 22.5 Å². The third kappa shape index (κ3) is 3.57. The Balaban J connectivity index is 1.42. The number of benzene rings is 2. The first kappa shape index (κ1) is 18.8. The van der Waals surface area contributed by atoms with Crippen LogP contribution in [0.3, 0.4) is 0 Å². The summed E-state index contributed by atoms with van der Waals surface area (Å²) >= 11 is 1.81. The maximum Gasteiger partial charge on any atom is 0.249 e. The molecule has 30 heavy (non-hydrogen) atoms. The molecule has 152 valence electrons. The molecule has 0 unspecified atom stereocenters. The van der Waals surface area contributed by atoms with Crippen molar-refractivity contribution in [3.63, 3.8) is 0 Å². The molecule has 0 spiro atoms. The Morgan fingerprint density at radius 2 is 1.90 bits per heavy atom. The minimum atomic E-state index is -0.196. The predicted octanol–water partition coefficient (Wildman–Crippen LogP) is 4.62. The summed E-state index contributed by atoms with van der Waals surface area (Å²) in [4.78, 5) is 12.7. The lowest BCUT2D eigenvalue weighted by Crippen LogP contribution is -2.13. The first-order valence-corrected chi connectivity index (χ1v) is 10.9. The van der Waals surface area contributed by atoms with E-state index >= 15 is 0 Å². The summed E-state index contributed by atoms with van der Waals surface area (Å²) in [7, 11) is 0. The Morgan fingerprint density at radius 1 is 1.10 bits per heavy atom. The molecule has 1 amide bonds. The lowest BCUT2D eigenvalue weighted by molar-refractivity contribution is -0.111. The Kier molecular flexibility index (Phi) is 4.75. The molecule has 0 atom stereocenters. The second-order valence-electron chi connectivity index (χ2n) is 7.46. The molecule has 0 aliphatic carbocycles. The molecule has 5 rings (SSSR count). The number of nitrogens with one attached hydrogen (secondary N) is 1. The number of fused-ring (bicyclic) bond motifs is 2. The fourth-order valence-electron chi connectivity index (χ4n) is 3.75. The van der Waals surface area contributed by atoms with Crippen molar-refractivity contribution in [1.29, 1.82) is 0 Å². The van der Waals surface area contributed by atoms with E-state index in [2.05, 4.69) is 37.4 Å². The van der Waals surface area contributed by atoms with Gasteiger partial charge in [0.25, 0.3) is 0 Å². The Bertz CT molecular complexity index is 1160. The van der Waals surface area contributed by atoms with Gasteiger partial charge in [-0.2, -0.15) is 16.9 Å². The van der Waals surface area contributed by atoms with Crippen molar-refractivity contribution < 1.29 is 14.3 Å². The fourth-order valence-corrected chi connectivity index (χ4v) is 4.78. The van der Waals surface area contributed by atoms with Gasteiger partial charge in [-0.3, -0.25) is 4.79 Å². The van der Waals surface area contributed by atoms with Crippen molar-refractivity contribution in [3.8, 4) is 17.2 Å². The molecule has 0 fully saturated rings. The maximum absolute atomic E-state index is 12.7. The molecule has 6 nitrogen and oxygen atoms in total. The molecular weight excluding hydrogens is 398 g/mol. The summed E-state index contributed by atoms with van der Waals surface area (Å²) in [6.07, 6.45) is 3.30. The van der Waals surface area contributed by atoms with Gasteiger partial charge in [0, 0.05) is 23.1 Å². The topological polar surface area (TPSA) is 65.4 Å². The van der Waals surface area contributed by atoms with Gasteiger partial charge >= 0.3 is 0 Å². The Labute approximate surface area is 178 Å². The molecule has 2 aromatic carbocycles. The summed E-state index contributed by atoms with van der Waals surface area (Å²) in [6.45, 7) is 4.36. The maximum atomic E-state index is 12.7. The summed E-state index contributed by atoms with van der Waals surface area (Å²) in [5.74, 6) is 3.69. The zero-order valence-corrected chi connectivity index (χ0v) is 17.6. The van der Waals surface area contributed by atoms with Gasteiger partial charge in [-0.1, -0.05) is 12.1 Å². The third-order valence-corrected chi connectivity index (χ3v) is 6.04. The number of thioether (sulfide) groups is 1. The number of hydrogen-bond donors (Lipinski definition) is 1. The highest BCUT2D eigenvalue weighted by Crippen LogP contribution is 2.36. The molecule has 0 saturated carbocycles. The van der Waals surface area contributed by atoms with Crippen molar-refractivity contribution in [1.82, 2.24) is 9.78 Å². The third-order valence-electron chi connectivity index (χ3n) is 5.07. The highest BCUT2D eigenvalue weighted by Gasteiger charge is 2.24. The number of anilines is 1. The van der Waals surface area contributed by atoms with Crippen LogP contribution in [0.4, 0.5) is 5.82 Å². The van der Waals surface area contributed by atoms with Gasteiger partial charge in [0.2, 0.25) is 12.7 Å². The second-order valence-corrected chi connectivity index (χ2v) is 8.45. The van der Waals surface area contributed by atoms with Crippen LogP contribution in [0.2, 0.25) is 0 Å². The van der Waals surface area contributed by atoms with E-state index in [0.717, 1.165) is 56.7 Å². The minimum absolute atomic E-state index is 0.196. The number of aryl methyl sites for hydroxylation is 2. The SMILES string of the molecule is Cc1cc(C)cc(-n2nc3c(c2NC(=O)C=Cc2ccc4c(c2)OCO4)CSC3)c1. The lowest BCUT2D eigenvalue weighted by atomic mass is 10.1. The summed E-state index contributed by atoms with van der Waals surface area (Å²) in [5, 5.41) is 7.84. The van der Waals surface area contributed by atoms with E-state index in [1.807, 2.05) is 34.6 Å². The van der Waals surface area contributed by atoms with Crippen molar-refractivity contribution in [2.24, 2.45) is 0 Å². The molecule has 0 radical (unpaired) electrons. The van der Waals surface area contributed by atoms with E-state index < -0.39 is 0 Å². The second kappa shape index (κ2) is 7.57. The molecule has 0 bridgehead atoms. The Morgan fingerprint density at radius 3 is 2.73 bits per heavy atom. The first-order chi connectivity index (χ1) is 14.6. The molecule has 3 aromatic rings. The van der Waals surface area contributed by atoms with Crippen LogP contribution in [0, 0.1) is 13.8 Å². The number of aromatic nitrogens is 2. The number of carbonyl (C=O) groups is 1. The molecular formula is C23H21N3O3S. The average Bonchev–Trinajstić information content (AvgIpc) is 3.42. The Hall–Kier alpha value is -3.19. The number of nitrogens with zero attached hydrogens (tertiary/aromatic N) is 2. The van der Waals surface area contributed by atoms with Gasteiger partial charge < -0.3 is 14.8 Å². The van der Waals surface area contributed by atoms with E-state index in [1.165, 1.54) is 6.08 Å². The smallest absolute Gasteiger partial charge is 0.249 e. The van der Waals surface area contributed by atoms with Gasteiger partial charge in [-0.25, -0.2) is 4.68 Å². The van der Waals surface area contributed by atoms with Gasteiger partial charge in [0.05, 0.1) is 11.4 Å². The van der Waals surface area contributed by atoms with Crippen molar-refractivity contribution >= 4 is 29.6 Å². The molecule has 0 saturated heterocycles. The first-order valence-electron chi connectivity index (χ1n) is 9.73. The summed E-state index contributed by atoms with van der Waals surface area (Å²) in [6, 6.07) is 11.9. The fraction of sp³-hybridized carbons (Fsp3) is 0.217. The predicted molar refractivity (Wildman–Crippen MR) is 118 cm³/mol. The summed E-state index contributed by atoms with van der Waals surface area (Å²) in [5.41, 5.74) is 6.29. The van der Waals surface area contributed by atoms with Crippen molar-refractivity contribution in [3.05, 3.63) is 70.4 Å². The highest BCUT2D eigenvalue weighted by atomic mass is 32.2. The van der Waals surface area contributed by atoms with Gasteiger partial charge in [0.15, 0.2) is 11.5 Å². The number of amides is 1. The molecule has 1 aromatic heterocycles. The zero-order chi connectivity index (χ0) is 20.7. The molecule has 3 heterocycles. The number of hydrogen-bond acceptors (Lipinski definition) is 5. The number of ether oxygens (including phenoxy) is 2. The van der Waals surface area contributed by atoms with E-state index in [4.69, 9.17) is 14.6 Å². The monoisotopic (exact) mass is 419 g/mol. The zero-order valence-electron chi connectivity index (χ0n) is 16.8. The van der Waals surface area contributed by atoms with Crippen LogP contribution >= 0.6 is 11.8 Å². The van der Waals surface area contributed by atoms with Gasteiger partial charge in [-0.05, 0) is 60.9 Å². The van der Waals surface area contributed by atoms with E-state index in [-0.39, 0.29) is 12.7 Å². The van der Waals surface area contributed by atoms with Crippen LogP contribution in [0.15, 0.2) is 42.5 Å². The van der Waals surface area contributed by atoms with Crippen molar-refractivity contribution in [2.75, 3.05) is 12.1 Å². The lowest BCUT2D eigenvalue weighted by Gasteiger charge is -2.11. The summed E-state index contributed by atoms with van der Waals surface area (Å²) < 4.78 is 12.6. The highest BCUT2D eigenvalue weighted by molar-refractivity contribution is 7.98. The molecule has 2 aliphatic rings. The van der Waals surface area contributed by atoms with Gasteiger partial charge in [0.1, 0.15) is 5.82 Å². The van der Waals surface area contributed by atoms with E-state index in [0.29, 0.717) is 5.75 Å². The van der Waals surface area contributed by atoms with Crippen LogP contribution in [0.1, 0.15) is 27.9 Å². The standard InChI is InChI=1S/C23H21N3O3S/c1-14-7-15(2)9-17(8-14)26-23(18-11-30-12-19(18)25-26)24-22(27)6-4-16-3-5-20-21(10-16)29-13-28-20/h3-10H,11-13H2,1-2H3,(H,24,27). The van der Waals surface area contributed by atoms with Crippen LogP contribution in [-0.2, 0) is 16.3 Å². The quantitative estimate of drug-likeness (QED) is 0.626. The normalized spacial score (nSPS) is 14.3. The van der Waals surface area contributed by atoms with Crippen LogP contribution < -0.4 is 14.8 Å². The largest absolute Gasteiger partial charge is 0.454 e. The van der Waals surface area contributed by atoms with Crippen LogP contribution in [0.5, 0.6) is 11.5 Å². The minimum Gasteiger partial charge on any atom is -0.454 e. The van der Waals surface area contributed by atoms with Crippen LogP contribution in [0.25, 0.3) is 11.8 Å². The number of rotatable bonds is 4. The van der Waals surface area contributed by atoms with E-state index in [1.54, 1.807) is 6.08 Å². The van der Waals surface area contributed by atoms with Gasteiger partial charge in [-0.15, -0.1) is 0 Å². The van der Waals surface area contributed by atoms with E-state index in [9.17, 15) is 4.79 Å². The molecule has 1 N–H and O–H groups in total. The average molecular weight is 420 g/mol. The molecule has 2 aliphatic heterocycles.